The van der Waals surface area contributed by atoms with Gasteiger partial charge in [-0.05, 0) is 48.4 Å². The molecule has 0 radical (unpaired) electrons. The smallest absolute Gasteiger partial charge is 0.220 e. The van der Waals surface area contributed by atoms with Gasteiger partial charge in [-0.25, -0.2) is 0 Å². The lowest BCUT2D eigenvalue weighted by atomic mass is 10.1. The second-order valence-corrected chi connectivity index (χ2v) is 6.29. The van der Waals surface area contributed by atoms with Crippen molar-refractivity contribution in [3.63, 3.8) is 0 Å². The number of nitrogens with one attached hydrogen (secondary N) is 1. The summed E-state index contributed by atoms with van der Waals surface area (Å²) in [5, 5.41) is 3.65. The first-order valence-electron chi connectivity index (χ1n) is 8.36. The first-order chi connectivity index (χ1) is 12.2. The van der Waals surface area contributed by atoms with Crippen molar-refractivity contribution in [3.05, 3.63) is 83.1 Å². The van der Waals surface area contributed by atoms with E-state index in [0.29, 0.717) is 24.4 Å². The molecule has 1 aromatic heterocycles. The molecule has 3 nitrogen and oxygen atoms in total. The highest BCUT2D eigenvalue weighted by Gasteiger charge is 2.07. The van der Waals surface area contributed by atoms with Gasteiger partial charge in [0.1, 0.15) is 11.5 Å². The Bertz CT molecular complexity index is 809. The second kappa shape index (κ2) is 8.54. The Kier molecular flexibility index (Phi) is 5.91. The lowest BCUT2D eigenvalue weighted by Gasteiger charge is -2.04. The Morgan fingerprint density at radius 3 is 2.44 bits per heavy atom. The summed E-state index contributed by atoms with van der Waals surface area (Å²) in [5.74, 6) is 1.64. The van der Waals surface area contributed by atoms with Crippen LogP contribution in [0.15, 0.2) is 71.1 Å². The number of halogens is 1. The van der Waals surface area contributed by atoms with Crippen LogP contribution < -0.4 is 5.32 Å². The van der Waals surface area contributed by atoms with Crippen LogP contribution in [0.4, 0.5) is 0 Å². The summed E-state index contributed by atoms with van der Waals surface area (Å²) in [7, 11) is 0. The topological polar surface area (TPSA) is 42.2 Å². The summed E-state index contributed by atoms with van der Waals surface area (Å²) in [4.78, 5) is 12.0. The SMILES string of the molecule is O=C(CCc1ccc(-c2ccc(Cl)cc2)o1)NCCc1ccccc1. The molecule has 25 heavy (non-hydrogen) atoms. The molecule has 2 aromatic carbocycles. The number of hydrogen-bond donors (Lipinski definition) is 1. The number of hydrogen-bond acceptors (Lipinski definition) is 2. The van der Waals surface area contributed by atoms with Gasteiger partial charge in [-0.15, -0.1) is 0 Å². The molecule has 3 aromatic rings. The summed E-state index contributed by atoms with van der Waals surface area (Å²) >= 11 is 5.89. The molecule has 0 saturated carbocycles. The van der Waals surface area contributed by atoms with Gasteiger partial charge in [0.15, 0.2) is 0 Å². The van der Waals surface area contributed by atoms with Gasteiger partial charge in [0.05, 0.1) is 0 Å². The summed E-state index contributed by atoms with van der Waals surface area (Å²) in [6, 6.07) is 21.5. The number of benzene rings is 2. The van der Waals surface area contributed by atoms with E-state index >= 15 is 0 Å². The van der Waals surface area contributed by atoms with Crippen LogP contribution in [0.2, 0.25) is 5.02 Å². The van der Waals surface area contributed by atoms with E-state index in [1.165, 1.54) is 5.56 Å². The van der Waals surface area contributed by atoms with E-state index in [-0.39, 0.29) is 5.91 Å². The normalized spacial score (nSPS) is 10.6. The zero-order chi connectivity index (χ0) is 17.5. The minimum Gasteiger partial charge on any atom is -0.461 e. The van der Waals surface area contributed by atoms with E-state index in [9.17, 15) is 4.79 Å². The lowest BCUT2D eigenvalue weighted by molar-refractivity contribution is -0.121. The zero-order valence-corrected chi connectivity index (χ0v) is 14.6. The van der Waals surface area contributed by atoms with E-state index in [0.717, 1.165) is 23.5 Å². The number of rotatable bonds is 7. The van der Waals surface area contributed by atoms with E-state index in [1.807, 2.05) is 54.6 Å². The maximum absolute atomic E-state index is 12.0. The van der Waals surface area contributed by atoms with Crippen LogP contribution >= 0.6 is 11.6 Å². The van der Waals surface area contributed by atoms with Crippen molar-refractivity contribution >= 4 is 17.5 Å². The molecule has 1 N–H and O–H groups in total. The molecule has 1 heterocycles. The zero-order valence-electron chi connectivity index (χ0n) is 13.9. The molecule has 0 aliphatic rings. The van der Waals surface area contributed by atoms with Gasteiger partial charge in [0, 0.05) is 30.0 Å². The van der Waals surface area contributed by atoms with Gasteiger partial charge in [-0.1, -0.05) is 41.9 Å². The molecule has 0 bridgehead atoms. The van der Waals surface area contributed by atoms with Crippen molar-refractivity contribution in [3.8, 4) is 11.3 Å². The Morgan fingerprint density at radius 1 is 0.920 bits per heavy atom. The van der Waals surface area contributed by atoms with Crippen molar-refractivity contribution in [2.45, 2.75) is 19.3 Å². The molecule has 0 aliphatic carbocycles. The van der Waals surface area contributed by atoms with Crippen molar-refractivity contribution < 1.29 is 9.21 Å². The molecule has 0 atom stereocenters. The van der Waals surface area contributed by atoms with Gasteiger partial charge < -0.3 is 9.73 Å². The maximum Gasteiger partial charge on any atom is 0.220 e. The number of amides is 1. The summed E-state index contributed by atoms with van der Waals surface area (Å²) < 4.78 is 5.81. The number of carbonyl (C=O) groups is 1. The first-order valence-corrected chi connectivity index (χ1v) is 8.74. The minimum absolute atomic E-state index is 0.0420. The molecular formula is C21H20ClNO2. The minimum atomic E-state index is 0.0420. The molecule has 4 heteroatoms. The van der Waals surface area contributed by atoms with Gasteiger partial charge in [-0.3, -0.25) is 4.79 Å². The summed E-state index contributed by atoms with van der Waals surface area (Å²) in [6.07, 6.45) is 1.85. The predicted octanol–water partition coefficient (Wildman–Crippen LogP) is 4.89. The second-order valence-electron chi connectivity index (χ2n) is 5.86. The van der Waals surface area contributed by atoms with E-state index < -0.39 is 0 Å². The standard InChI is InChI=1S/C21H20ClNO2/c22-18-8-6-17(7-9-18)20-12-10-19(25-20)11-13-21(24)23-15-14-16-4-2-1-3-5-16/h1-10,12H,11,13-15H2,(H,23,24). The van der Waals surface area contributed by atoms with Crippen LogP contribution in [-0.4, -0.2) is 12.5 Å². The number of furan rings is 1. The fourth-order valence-corrected chi connectivity index (χ4v) is 2.72. The predicted molar refractivity (Wildman–Crippen MR) is 101 cm³/mol. The van der Waals surface area contributed by atoms with E-state index in [2.05, 4.69) is 17.4 Å². The Morgan fingerprint density at radius 2 is 1.68 bits per heavy atom. The van der Waals surface area contributed by atoms with Crippen LogP contribution in [-0.2, 0) is 17.6 Å². The third kappa shape index (κ3) is 5.23. The average Bonchev–Trinajstić information content (AvgIpc) is 3.10. The van der Waals surface area contributed by atoms with E-state index in [1.54, 1.807) is 0 Å². The summed E-state index contributed by atoms with van der Waals surface area (Å²) in [5.41, 5.74) is 2.20. The monoisotopic (exact) mass is 353 g/mol. The molecule has 0 aliphatic heterocycles. The van der Waals surface area contributed by atoms with Crippen LogP contribution in [0.1, 0.15) is 17.7 Å². The number of aryl methyl sites for hydroxylation is 1. The quantitative estimate of drug-likeness (QED) is 0.657. The van der Waals surface area contributed by atoms with Gasteiger partial charge >= 0.3 is 0 Å². The van der Waals surface area contributed by atoms with Gasteiger partial charge in [-0.2, -0.15) is 0 Å². The average molecular weight is 354 g/mol. The molecule has 3 rings (SSSR count). The van der Waals surface area contributed by atoms with Crippen molar-refractivity contribution in [1.29, 1.82) is 0 Å². The number of carbonyl (C=O) groups excluding carboxylic acids is 1. The largest absolute Gasteiger partial charge is 0.461 e. The Hall–Kier alpha value is -2.52. The van der Waals surface area contributed by atoms with Crippen molar-refractivity contribution in [1.82, 2.24) is 5.32 Å². The molecule has 0 unspecified atom stereocenters. The third-order valence-corrected chi connectivity index (χ3v) is 4.22. The maximum atomic E-state index is 12.0. The van der Waals surface area contributed by atoms with Crippen LogP contribution in [0.25, 0.3) is 11.3 Å². The highest BCUT2D eigenvalue weighted by molar-refractivity contribution is 6.30. The van der Waals surface area contributed by atoms with Gasteiger partial charge in [0.25, 0.3) is 0 Å². The first kappa shape index (κ1) is 17.3. The van der Waals surface area contributed by atoms with Crippen LogP contribution in [0.5, 0.6) is 0 Å². The fourth-order valence-electron chi connectivity index (χ4n) is 2.60. The third-order valence-electron chi connectivity index (χ3n) is 3.97. The molecule has 0 fully saturated rings. The fraction of sp³-hybridized carbons (Fsp3) is 0.190. The highest BCUT2D eigenvalue weighted by Crippen LogP contribution is 2.24. The summed E-state index contributed by atoms with van der Waals surface area (Å²) in [6.45, 7) is 0.650. The molecule has 0 spiro atoms. The van der Waals surface area contributed by atoms with Crippen LogP contribution in [0.3, 0.4) is 0 Å². The lowest BCUT2D eigenvalue weighted by Crippen LogP contribution is -2.25. The van der Waals surface area contributed by atoms with E-state index in [4.69, 9.17) is 16.0 Å². The highest BCUT2D eigenvalue weighted by atomic mass is 35.5. The molecular weight excluding hydrogens is 334 g/mol. The van der Waals surface area contributed by atoms with Crippen LogP contribution in [0, 0.1) is 0 Å². The Balaban J connectivity index is 1.44. The Labute approximate surface area is 152 Å². The molecule has 1 amide bonds. The molecule has 0 saturated heterocycles. The van der Waals surface area contributed by atoms with Crippen molar-refractivity contribution in [2.75, 3.05) is 6.54 Å². The molecule has 128 valence electrons. The van der Waals surface area contributed by atoms with Crippen molar-refractivity contribution in [2.24, 2.45) is 0 Å². The van der Waals surface area contributed by atoms with Gasteiger partial charge in [0.2, 0.25) is 5.91 Å².